The Bertz CT molecular complexity index is 1050. The second-order valence-electron chi connectivity index (χ2n) is 6.38. The predicted molar refractivity (Wildman–Crippen MR) is 71.1 cm³/mol. The Labute approximate surface area is 228 Å². The van der Waals surface area contributed by atoms with Crippen LogP contribution in [0.25, 0.3) is 0 Å². The third-order valence-electron chi connectivity index (χ3n) is 3.65. The molecule has 0 N–H and O–H groups in total. The summed E-state index contributed by atoms with van der Waals surface area (Å²) in [4.78, 5) is 0. The van der Waals surface area contributed by atoms with Gasteiger partial charge in [-0.2, -0.15) is 96.6 Å². The summed E-state index contributed by atoms with van der Waals surface area (Å²) in [5.74, 6) is -46.9. The van der Waals surface area contributed by atoms with E-state index < -0.39 is 78.6 Å². The summed E-state index contributed by atoms with van der Waals surface area (Å²) in [7, 11) is -15.3. The van der Waals surface area contributed by atoms with Gasteiger partial charge in [0.05, 0.1) is 0 Å². The summed E-state index contributed by atoms with van der Waals surface area (Å²) >= 11 is 0. The molecule has 0 aliphatic heterocycles. The predicted octanol–water partition coefficient (Wildman–Crippen LogP) is 5.18. The maximum atomic E-state index is 12.4. The van der Waals surface area contributed by atoms with Gasteiger partial charge < -0.3 is 9.11 Å². The molecule has 0 spiro atoms. The third-order valence-corrected chi connectivity index (χ3v) is 5.42. The van der Waals surface area contributed by atoms with Gasteiger partial charge in [0.15, 0.2) is 20.2 Å². The minimum Gasteiger partial charge on any atom is -0.743 e. The average Bonchev–Trinajstić information content (AvgIpc) is 2.63. The molecule has 0 fully saturated rings. The van der Waals surface area contributed by atoms with Crippen molar-refractivity contribution in [1.29, 1.82) is 0 Å². The second kappa shape index (κ2) is 11.3. The topological polar surface area (TPSA) is 114 Å². The molecule has 0 saturated heterocycles. The molecule has 0 atom stereocenters. The van der Waals surface area contributed by atoms with Crippen LogP contribution < -0.4 is 0 Å². The van der Waals surface area contributed by atoms with E-state index in [1.807, 2.05) is 0 Å². The van der Waals surface area contributed by atoms with E-state index in [1.54, 1.807) is 0 Å². The molecule has 0 aliphatic carbocycles. The molecule has 0 unspecified atom stereocenters. The van der Waals surface area contributed by atoms with Crippen molar-refractivity contribution in [2.24, 2.45) is 0 Å². The second-order valence-corrected chi connectivity index (χ2v) is 9.23. The zero-order valence-corrected chi connectivity index (χ0v) is 23.0. The fraction of sp³-hybridized carbons (Fsp3) is 1.00. The van der Waals surface area contributed by atoms with Crippen LogP contribution in [0.4, 0.5) is 96.6 Å². The van der Waals surface area contributed by atoms with Crippen molar-refractivity contribution in [3.05, 3.63) is 0 Å². The molecule has 0 rings (SSSR count). The standard InChI is InChI=1S/2C5HF11O3S.Cd/c2*6-1(7,2(8,9)4(12,13)14)3(10,11)5(15,16)20(17,18)19;/h2*(H,17,18,19);/q;;+2/p-2. The fourth-order valence-corrected chi connectivity index (χ4v) is 2.31. The van der Waals surface area contributed by atoms with Crippen molar-refractivity contribution >= 4 is 20.2 Å². The summed E-state index contributed by atoms with van der Waals surface area (Å²) in [5.41, 5.74) is 0. The van der Waals surface area contributed by atoms with Crippen LogP contribution in [0.15, 0.2) is 0 Å². The molecule has 0 aromatic heterocycles. The van der Waals surface area contributed by atoms with E-state index in [-0.39, 0.29) is 27.3 Å². The molecule has 0 heterocycles. The molecule has 0 saturated carbocycles. The van der Waals surface area contributed by atoms with Crippen LogP contribution in [-0.2, 0) is 47.5 Å². The Hall–Kier alpha value is -0.798. The molecule has 41 heavy (non-hydrogen) atoms. The first-order valence-electron chi connectivity index (χ1n) is 7.57. The average molecular weight is 811 g/mol. The van der Waals surface area contributed by atoms with Gasteiger partial charge >= 0.3 is 85.7 Å². The van der Waals surface area contributed by atoms with E-state index in [0.29, 0.717) is 0 Å². The van der Waals surface area contributed by atoms with Crippen LogP contribution in [0.5, 0.6) is 0 Å². The maximum absolute atomic E-state index is 12.4. The Morgan fingerprint density at radius 2 is 0.463 bits per heavy atom. The quantitative estimate of drug-likeness (QED) is 0.190. The van der Waals surface area contributed by atoms with Crippen molar-refractivity contribution in [1.82, 2.24) is 0 Å². The molecular weight excluding hydrogens is 811 g/mol. The molecule has 31 heteroatoms. The first-order valence-corrected chi connectivity index (χ1v) is 10.4. The van der Waals surface area contributed by atoms with Crippen LogP contribution in [-0.4, -0.2) is 84.3 Å². The Morgan fingerprint density at radius 1 is 0.317 bits per heavy atom. The number of rotatable bonds is 8. The largest absolute Gasteiger partial charge is 2.00 e. The number of hydrogen-bond donors (Lipinski definition) is 0. The van der Waals surface area contributed by atoms with E-state index >= 15 is 0 Å². The van der Waals surface area contributed by atoms with Gasteiger partial charge in [-0.3, -0.25) is 0 Å². The van der Waals surface area contributed by atoms with Gasteiger partial charge in [0, 0.05) is 0 Å². The van der Waals surface area contributed by atoms with Gasteiger partial charge in [-0.05, 0) is 0 Å². The van der Waals surface area contributed by atoms with Gasteiger partial charge in [-0.1, -0.05) is 0 Å². The molecule has 244 valence electrons. The molecule has 0 aromatic carbocycles. The molecule has 0 aliphatic rings. The molecule has 0 amide bonds. The minimum atomic E-state index is -7.90. The maximum Gasteiger partial charge on any atom is 2.00 e. The first kappa shape index (κ1) is 44.6. The normalized spacial score (nSPS) is 16.0. The zero-order valence-electron chi connectivity index (χ0n) is 17.3. The molecule has 0 aromatic rings. The number of alkyl halides is 22. The van der Waals surface area contributed by atoms with Crippen molar-refractivity contribution in [3.8, 4) is 0 Å². The van der Waals surface area contributed by atoms with Crippen molar-refractivity contribution < 1.29 is 150 Å². The smallest absolute Gasteiger partial charge is 0.743 e. The van der Waals surface area contributed by atoms with E-state index in [9.17, 15) is 123 Å². The van der Waals surface area contributed by atoms with Crippen molar-refractivity contribution in [2.75, 3.05) is 0 Å². The molecule has 6 nitrogen and oxygen atoms in total. The monoisotopic (exact) mass is 812 g/mol. The van der Waals surface area contributed by atoms with Crippen molar-refractivity contribution in [2.45, 2.75) is 58.4 Å². The number of halogens is 22. The number of hydrogen-bond acceptors (Lipinski definition) is 6. The molecule has 0 radical (unpaired) electrons. The van der Waals surface area contributed by atoms with Gasteiger partial charge in [0.1, 0.15) is 0 Å². The Morgan fingerprint density at radius 3 is 0.561 bits per heavy atom. The third kappa shape index (κ3) is 6.82. The van der Waals surface area contributed by atoms with Crippen LogP contribution in [0.1, 0.15) is 0 Å². The van der Waals surface area contributed by atoms with Gasteiger partial charge in [-0.25, -0.2) is 16.8 Å². The van der Waals surface area contributed by atoms with E-state index in [0.717, 1.165) is 0 Å². The Kier molecular flexibility index (Phi) is 12.3. The summed E-state index contributed by atoms with van der Waals surface area (Å²) in [6, 6.07) is 0. The molecule has 0 bridgehead atoms. The van der Waals surface area contributed by atoms with E-state index in [4.69, 9.17) is 0 Å². The summed E-state index contributed by atoms with van der Waals surface area (Å²) in [6.07, 6.45) is -14.8. The van der Waals surface area contributed by atoms with Gasteiger partial charge in [0.2, 0.25) is 0 Å². The van der Waals surface area contributed by atoms with Crippen LogP contribution in [0.3, 0.4) is 0 Å². The van der Waals surface area contributed by atoms with E-state index in [2.05, 4.69) is 0 Å². The zero-order chi connectivity index (χ0) is 34.0. The van der Waals surface area contributed by atoms with Gasteiger partial charge in [0.25, 0.3) is 0 Å². The van der Waals surface area contributed by atoms with Gasteiger partial charge in [-0.15, -0.1) is 0 Å². The van der Waals surface area contributed by atoms with E-state index in [1.165, 1.54) is 0 Å². The first-order chi connectivity index (χ1) is 16.5. The summed E-state index contributed by atoms with van der Waals surface area (Å²) in [6.45, 7) is 0. The van der Waals surface area contributed by atoms with Crippen LogP contribution >= 0.6 is 0 Å². The minimum absolute atomic E-state index is 0. The Balaban J connectivity index is -0.000000688. The van der Waals surface area contributed by atoms with Crippen LogP contribution in [0.2, 0.25) is 0 Å². The van der Waals surface area contributed by atoms with Crippen molar-refractivity contribution in [3.63, 3.8) is 0 Å². The SMILES string of the molecule is O=S(=O)([O-])C(F)(F)C(F)(F)C(F)(F)C(F)(F)C(F)(F)F.O=S(=O)([O-])C(F)(F)C(F)(F)C(F)(F)C(F)(F)C(F)(F)F.[Cd+2]. The van der Waals surface area contributed by atoms with Crippen LogP contribution in [0, 0.1) is 0 Å². The summed E-state index contributed by atoms with van der Waals surface area (Å²) < 4.78 is 324. The summed E-state index contributed by atoms with van der Waals surface area (Å²) in [5, 5.41) is -14.8. The fourth-order valence-electron chi connectivity index (χ4n) is 1.43. The molecular formula is C10CdF22O6S2.